The Bertz CT molecular complexity index is 909. The number of anilines is 2. The Kier molecular flexibility index (Phi) is 3.55. The van der Waals surface area contributed by atoms with Gasteiger partial charge in [-0.1, -0.05) is 6.07 Å². The summed E-state index contributed by atoms with van der Waals surface area (Å²) in [6.07, 6.45) is 1.59. The molecule has 8 heteroatoms. The van der Waals surface area contributed by atoms with Gasteiger partial charge >= 0.3 is 0 Å². The zero-order valence-corrected chi connectivity index (χ0v) is 11.7. The number of aromatic nitrogens is 1. The second-order valence-corrected chi connectivity index (χ2v) is 4.75. The summed E-state index contributed by atoms with van der Waals surface area (Å²) in [6.45, 7) is 0. The van der Waals surface area contributed by atoms with Gasteiger partial charge < -0.3 is 5.32 Å². The first-order valence-electron chi connectivity index (χ1n) is 6.59. The Morgan fingerprint density at radius 2 is 1.61 bits per heavy atom. The van der Waals surface area contributed by atoms with Crippen molar-refractivity contribution in [2.75, 3.05) is 5.32 Å². The van der Waals surface area contributed by atoms with Gasteiger partial charge in [0.05, 0.1) is 21.1 Å². The van der Waals surface area contributed by atoms with E-state index in [2.05, 4.69) is 10.3 Å². The van der Waals surface area contributed by atoms with Gasteiger partial charge in [0.2, 0.25) is 0 Å². The van der Waals surface area contributed by atoms with Crippen molar-refractivity contribution >= 4 is 33.7 Å². The lowest BCUT2D eigenvalue weighted by Gasteiger charge is -2.09. The molecule has 0 saturated heterocycles. The Hall–Kier alpha value is -3.55. The van der Waals surface area contributed by atoms with E-state index in [0.717, 1.165) is 0 Å². The minimum absolute atomic E-state index is 0.0300. The van der Waals surface area contributed by atoms with Gasteiger partial charge in [0.1, 0.15) is 0 Å². The van der Waals surface area contributed by atoms with E-state index < -0.39 is 9.85 Å². The Morgan fingerprint density at radius 1 is 0.913 bits per heavy atom. The summed E-state index contributed by atoms with van der Waals surface area (Å²) in [4.78, 5) is 25.0. The van der Waals surface area contributed by atoms with Gasteiger partial charge in [-0.15, -0.1) is 0 Å². The fourth-order valence-corrected chi connectivity index (χ4v) is 2.20. The van der Waals surface area contributed by atoms with Gasteiger partial charge in [-0.25, -0.2) is 0 Å². The molecular formula is C15H10N4O4. The van der Waals surface area contributed by atoms with Crippen LogP contribution in [0.25, 0.3) is 10.9 Å². The summed E-state index contributed by atoms with van der Waals surface area (Å²) < 4.78 is 0. The largest absolute Gasteiger partial charge is 0.354 e. The summed E-state index contributed by atoms with van der Waals surface area (Å²) in [5.41, 5.74) is 1.52. The molecule has 0 unspecified atom stereocenters. The van der Waals surface area contributed by atoms with Crippen LogP contribution in [-0.2, 0) is 0 Å². The van der Waals surface area contributed by atoms with E-state index in [9.17, 15) is 20.2 Å². The van der Waals surface area contributed by atoms with E-state index in [1.807, 2.05) is 0 Å². The minimum Gasteiger partial charge on any atom is -0.354 e. The van der Waals surface area contributed by atoms with Crippen LogP contribution in [-0.4, -0.2) is 14.8 Å². The monoisotopic (exact) mass is 310 g/mol. The van der Waals surface area contributed by atoms with Crippen LogP contribution in [0.15, 0.2) is 54.7 Å². The molecule has 0 spiro atoms. The van der Waals surface area contributed by atoms with E-state index in [1.54, 1.807) is 18.3 Å². The molecule has 0 amide bonds. The lowest BCUT2D eigenvalue weighted by molar-refractivity contribution is -0.385. The van der Waals surface area contributed by atoms with Gasteiger partial charge in [0.25, 0.3) is 11.4 Å². The predicted octanol–water partition coefficient (Wildman–Crippen LogP) is 3.79. The number of pyridine rings is 1. The number of benzene rings is 2. The quantitative estimate of drug-likeness (QED) is 0.579. The van der Waals surface area contributed by atoms with Gasteiger partial charge in [-0.05, 0) is 18.2 Å². The molecule has 0 atom stereocenters. The van der Waals surface area contributed by atoms with Gasteiger partial charge in [-0.3, -0.25) is 25.2 Å². The van der Waals surface area contributed by atoms with Gasteiger partial charge in [0.15, 0.2) is 0 Å². The van der Waals surface area contributed by atoms with Crippen molar-refractivity contribution in [3.05, 3.63) is 75.0 Å². The Morgan fingerprint density at radius 3 is 2.26 bits per heavy atom. The highest BCUT2D eigenvalue weighted by atomic mass is 16.6. The van der Waals surface area contributed by atoms with Crippen molar-refractivity contribution in [2.24, 2.45) is 0 Å². The summed E-state index contributed by atoms with van der Waals surface area (Å²) in [5, 5.41) is 25.4. The minimum atomic E-state index is -0.492. The molecule has 1 heterocycles. The standard InChI is InChI=1S/C15H10N4O4/c20-18(21)12-5-3-11(4-6-12)17-14-9-13(19(22)23)8-10-2-1-7-16-15(10)14/h1-9,17H. The summed E-state index contributed by atoms with van der Waals surface area (Å²) in [5.74, 6) is 0. The van der Waals surface area contributed by atoms with E-state index in [-0.39, 0.29) is 11.4 Å². The van der Waals surface area contributed by atoms with Crippen molar-refractivity contribution in [1.82, 2.24) is 4.98 Å². The van der Waals surface area contributed by atoms with Crippen LogP contribution in [0.4, 0.5) is 22.7 Å². The third-order valence-electron chi connectivity index (χ3n) is 3.26. The molecular weight excluding hydrogens is 300 g/mol. The second-order valence-electron chi connectivity index (χ2n) is 4.75. The molecule has 0 saturated carbocycles. The number of non-ortho nitro benzene ring substituents is 2. The smallest absolute Gasteiger partial charge is 0.272 e. The number of nitrogens with one attached hydrogen (secondary N) is 1. The molecule has 23 heavy (non-hydrogen) atoms. The van der Waals surface area contributed by atoms with Crippen molar-refractivity contribution in [3.63, 3.8) is 0 Å². The maximum Gasteiger partial charge on any atom is 0.272 e. The number of hydrogen-bond donors (Lipinski definition) is 1. The summed E-state index contributed by atoms with van der Waals surface area (Å²) in [7, 11) is 0. The molecule has 0 aliphatic carbocycles. The normalized spacial score (nSPS) is 10.4. The SMILES string of the molecule is O=[N+]([O-])c1ccc(Nc2cc([N+](=O)[O-])cc3cccnc23)cc1. The molecule has 0 fully saturated rings. The highest BCUT2D eigenvalue weighted by Crippen LogP contribution is 2.30. The third-order valence-corrected chi connectivity index (χ3v) is 3.26. The Balaban J connectivity index is 2.04. The number of fused-ring (bicyclic) bond motifs is 1. The number of rotatable bonds is 4. The lowest BCUT2D eigenvalue weighted by Crippen LogP contribution is -1.96. The molecule has 0 aliphatic heterocycles. The van der Waals surface area contributed by atoms with Crippen molar-refractivity contribution in [3.8, 4) is 0 Å². The predicted molar refractivity (Wildman–Crippen MR) is 84.8 cm³/mol. The maximum atomic E-state index is 11.1. The number of nitro benzene ring substituents is 2. The molecule has 8 nitrogen and oxygen atoms in total. The average Bonchev–Trinajstić information content (AvgIpc) is 2.55. The molecule has 3 rings (SSSR count). The van der Waals surface area contributed by atoms with E-state index in [1.165, 1.54) is 36.4 Å². The fraction of sp³-hybridized carbons (Fsp3) is 0. The molecule has 1 aromatic heterocycles. The highest BCUT2D eigenvalue weighted by molar-refractivity contribution is 5.94. The third kappa shape index (κ3) is 2.91. The first kappa shape index (κ1) is 14.4. The first-order chi connectivity index (χ1) is 11.0. The van der Waals surface area contributed by atoms with Crippen LogP contribution in [0.3, 0.4) is 0 Å². The molecule has 3 aromatic rings. The Labute approximate surface area is 129 Å². The van der Waals surface area contributed by atoms with E-state index in [0.29, 0.717) is 22.3 Å². The van der Waals surface area contributed by atoms with Crippen LogP contribution in [0, 0.1) is 20.2 Å². The van der Waals surface area contributed by atoms with Gasteiger partial charge in [0, 0.05) is 41.5 Å². The molecule has 1 N–H and O–H groups in total. The average molecular weight is 310 g/mol. The van der Waals surface area contributed by atoms with Crippen LogP contribution >= 0.6 is 0 Å². The number of nitrogens with zero attached hydrogens (tertiary/aromatic N) is 3. The topological polar surface area (TPSA) is 111 Å². The van der Waals surface area contributed by atoms with E-state index >= 15 is 0 Å². The molecule has 0 bridgehead atoms. The second kappa shape index (κ2) is 5.68. The van der Waals surface area contributed by atoms with Crippen molar-refractivity contribution < 1.29 is 9.85 Å². The molecule has 0 aliphatic rings. The fourth-order valence-electron chi connectivity index (χ4n) is 2.20. The highest BCUT2D eigenvalue weighted by Gasteiger charge is 2.13. The molecule has 2 aromatic carbocycles. The first-order valence-corrected chi connectivity index (χ1v) is 6.59. The van der Waals surface area contributed by atoms with Crippen LogP contribution in [0.5, 0.6) is 0 Å². The summed E-state index contributed by atoms with van der Waals surface area (Å²) in [6, 6.07) is 12.0. The van der Waals surface area contributed by atoms with E-state index in [4.69, 9.17) is 0 Å². The maximum absolute atomic E-state index is 11.1. The number of hydrogen-bond acceptors (Lipinski definition) is 6. The van der Waals surface area contributed by atoms with Crippen molar-refractivity contribution in [1.29, 1.82) is 0 Å². The number of nitro groups is 2. The molecule has 0 radical (unpaired) electrons. The van der Waals surface area contributed by atoms with Crippen LogP contribution in [0.2, 0.25) is 0 Å². The molecule has 114 valence electrons. The zero-order chi connectivity index (χ0) is 16.4. The van der Waals surface area contributed by atoms with Gasteiger partial charge in [-0.2, -0.15) is 0 Å². The van der Waals surface area contributed by atoms with Crippen LogP contribution < -0.4 is 5.32 Å². The van der Waals surface area contributed by atoms with Crippen LogP contribution in [0.1, 0.15) is 0 Å². The lowest BCUT2D eigenvalue weighted by atomic mass is 10.1. The zero-order valence-electron chi connectivity index (χ0n) is 11.7. The summed E-state index contributed by atoms with van der Waals surface area (Å²) >= 11 is 0. The van der Waals surface area contributed by atoms with Crippen molar-refractivity contribution in [2.45, 2.75) is 0 Å².